The maximum atomic E-state index is 12.6. The van der Waals surface area contributed by atoms with Gasteiger partial charge in [-0.15, -0.1) is 0 Å². The highest BCUT2D eigenvalue weighted by Gasteiger charge is 2.32. The zero-order valence-corrected chi connectivity index (χ0v) is 14.7. The number of nitrogens with zero attached hydrogens (tertiary/aromatic N) is 2. The molecule has 0 radical (unpaired) electrons. The molecule has 0 bridgehead atoms. The van der Waals surface area contributed by atoms with Gasteiger partial charge in [0.2, 0.25) is 5.91 Å². The molecule has 1 amide bonds. The van der Waals surface area contributed by atoms with E-state index < -0.39 is 17.8 Å². The van der Waals surface area contributed by atoms with Crippen LogP contribution in [0.25, 0.3) is 0 Å². The Morgan fingerprint density at radius 1 is 1.28 bits per heavy atom. The summed E-state index contributed by atoms with van der Waals surface area (Å²) in [6.45, 7) is 6.98. The fraction of sp³-hybridized carbons (Fsp3) is 0.647. The molecule has 3 N–H and O–H groups in total. The van der Waals surface area contributed by atoms with Gasteiger partial charge in [0.25, 0.3) is 0 Å². The molecule has 0 saturated carbocycles. The van der Waals surface area contributed by atoms with Crippen LogP contribution in [0.3, 0.4) is 0 Å². The van der Waals surface area contributed by atoms with E-state index in [9.17, 15) is 18.0 Å². The smallest absolute Gasteiger partial charge is 0.356 e. The van der Waals surface area contributed by atoms with Gasteiger partial charge in [0.1, 0.15) is 5.82 Å². The molecule has 2 rings (SSSR count). The molecule has 1 atom stereocenters. The molecule has 0 aromatic carbocycles. The third-order valence-corrected chi connectivity index (χ3v) is 4.46. The summed E-state index contributed by atoms with van der Waals surface area (Å²) in [6, 6.07) is 1.87. The van der Waals surface area contributed by atoms with Gasteiger partial charge in [-0.3, -0.25) is 4.79 Å². The van der Waals surface area contributed by atoms with E-state index in [0.717, 1.165) is 12.3 Å². The molecule has 2 heterocycles. The molecule has 1 saturated heterocycles. The lowest BCUT2D eigenvalue weighted by atomic mass is 9.86. The molecule has 5 nitrogen and oxygen atoms in total. The van der Waals surface area contributed by atoms with Crippen LogP contribution in [0.1, 0.15) is 39.2 Å². The predicted molar refractivity (Wildman–Crippen MR) is 90.0 cm³/mol. The minimum absolute atomic E-state index is 0.0200. The third kappa shape index (κ3) is 5.07. The Morgan fingerprint density at radius 2 is 1.88 bits per heavy atom. The summed E-state index contributed by atoms with van der Waals surface area (Å²) in [5.41, 5.74) is 4.89. The van der Waals surface area contributed by atoms with Crippen molar-refractivity contribution in [1.82, 2.24) is 10.3 Å². The molecular formula is C17H25F3N4O. The number of amides is 1. The fourth-order valence-electron chi connectivity index (χ4n) is 2.68. The number of halogens is 3. The quantitative estimate of drug-likeness (QED) is 0.871. The van der Waals surface area contributed by atoms with Crippen LogP contribution in [0.5, 0.6) is 0 Å². The molecule has 0 unspecified atom stereocenters. The molecule has 8 heteroatoms. The summed E-state index contributed by atoms with van der Waals surface area (Å²) in [4.78, 5) is 18.0. The van der Waals surface area contributed by atoms with Crippen LogP contribution in [0, 0.1) is 5.41 Å². The predicted octanol–water partition coefficient (Wildman–Crippen LogP) is 2.56. The first-order chi connectivity index (χ1) is 11.5. The van der Waals surface area contributed by atoms with E-state index in [2.05, 4.69) is 10.3 Å². The van der Waals surface area contributed by atoms with Gasteiger partial charge in [-0.25, -0.2) is 4.98 Å². The lowest BCUT2D eigenvalue weighted by Crippen LogP contribution is -2.53. The maximum Gasteiger partial charge on any atom is 0.417 e. The topological polar surface area (TPSA) is 71.2 Å². The van der Waals surface area contributed by atoms with Crippen molar-refractivity contribution in [2.75, 3.05) is 18.0 Å². The standard InChI is InChI=1S/C17H25F3N4O/c1-16(2,3)14(21)15(25)23-12-6-8-24(9-7-12)13-5-4-11(10-22-13)17(18,19)20/h4-5,10,12,14H,6-9,21H2,1-3H3,(H,23,25)/t14-/m1/s1. The molecule has 1 aliphatic rings. The van der Waals surface area contributed by atoms with Crippen LogP contribution >= 0.6 is 0 Å². The summed E-state index contributed by atoms with van der Waals surface area (Å²) >= 11 is 0. The van der Waals surface area contributed by atoms with Gasteiger partial charge < -0.3 is 16.0 Å². The first-order valence-electron chi connectivity index (χ1n) is 8.32. The first-order valence-corrected chi connectivity index (χ1v) is 8.32. The van der Waals surface area contributed by atoms with Crippen LogP contribution in [-0.2, 0) is 11.0 Å². The van der Waals surface area contributed by atoms with Gasteiger partial charge in [0.05, 0.1) is 11.6 Å². The van der Waals surface area contributed by atoms with Gasteiger partial charge in [0, 0.05) is 25.3 Å². The number of nitrogens with two attached hydrogens (primary N) is 1. The Labute approximate surface area is 145 Å². The lowest BCUT2D eigenvalue weighted by Gasteiger charge is -2.34. The number of hydrogen-bond acceptors (Lipinski definition) is 4. The van der Waals surface area contributed by atoms with E-state index in [1.165, 1.54) is 6.07 Å². The second-order valence-corrected chi connectivity index (χ2v) is 7.52. The normalized spacial score (nSPS) is 18.1. The van der Waals surface area contributed by atoms with Crippen molar-refractivity contribution in [2.45, 2.75) is 51.9 Å². The number of piperidine rings is 1. The van der Waals surface area contributed by atoms with E-state index in [1.54, 1.807) is 0 Å². The number of pyridine rings is 1. The number of aromatic nitrogens is 1. The SMILES string of the molecule is CC(C)(C)[C@H](N)C(=O)NC1CCN(c2ccc(C(F)(F)F)cn2)CC1. The average Bonchev–Trinajstić information content (AvgIpc) is 2.53. The van der Waals surface area contributed by atoms with Crippen molar-refractivity contribution in [2.24, 2.45) is 11.1 Å². The number of rotatable bonds is 3. The molecular weight excluding hydrogens is 333 g/mol. The summed E-state index contributed by atoms with van der Waals surface area (Å²) < 4.78 is 37.7. The Balaban J connectivity index is 1.88. The largest absolute Gasteiger partial charge is 0.417 e. The van der Waals surface area contributed by atoms with Crippen LogP contribution in [-0.4, -0.2) is 36.1 Å². The summed E-state index contributed by atoms with van der Waals surface area (Å²) in [7, 11) is 0. The highest BCUT2D eigenvalue weighted by molar-refractivity contribution is 5.82. The second kappa shape index (κ2) is 7.19. The van der Waals surface area contributed by atoms with Gasteiger partial charge in [-0.05, 0) is 30.4 Å². The summed E-state index contributed by atoms with van der Waals surface area (Å²) in [5.74, 6) is 0.350. The minimum Gasteiger partial charge on any atom is -0.356 e. The zero-order valence-electron chi connectivity index (χ0n) is 14.7. The van der Waals surface area contributed by atoms with Gasteiger partial charge in [0.15, 0.2) is 0 Å². The van der Waals surface area contributed by atoms with Crippen molar-refractivity contribution >= 4 is 11.7 Å². The second-order valence-electron chi connectivity index (χ2n) is 7.52. The van der Waals surface area contributed by atoms with Crippen molar-refractivity contribution < 1.29 is 18.0 Å². The Morgan fingerprint density at radius 3 is 2.32 bits per heavy atom. The van der Waals surface area contributed by atoms with Crippen molar-refractivity contribution in [3.8, 4) is 0 Å². The Hall–Kier alpha value is -1.83. The zero-order chi connectivity index (χ0) is 18.8. The van der Waals surface area contributed by atoms with Crippen LogP contribution in [0.4, 0.5) is 19.0 Å². The number of carbonyl (C=O) groups is 1. The molecule has 0 aliphatic carbocycles. The average molecular weight is 358 g/mol. The van der Waals surface area contributed by atoms with E-state index in [1.807, 2.05) is 25.7 Å². The summed E-state index contributed by atoms with van der Waals surface area (Å²) in [6.07, 6.45) is -2.13. The van der Waals surface area contributed by atoms with Crippen LogP contribution in [0.15, 0.2) is 18.3 Å². The molecule has 1 aromatic heterocycles. The summed E-state index contributed by atoms with van der Waals surface area (Å²) in [5, 5.41) is 2.97. The van der Waals surface area contributed by atoms with Crippen molar-refractivity contribution in [3.05, 3.63) is 23.9 Å². The Kier molecular flexibility index (Phi) is 5.61. The number of alkyl halides is 3. The number of carbonyl (C=O) groups excluding carboxylic acids is 1. The van der Waals surface area contributed by atoms with E-state index in [0.29, 0.717) is 31.7 Å². The van der Waals surface area contributed by atoms with E-state index in [4.69, 9.17) is 5.73 Å². The Bertz CT molecular complexity index is 587. The van der Waals surface area contributed by atoms with Gasteiger partial charge in [-0.2, -0.15) is 13.2 Å². The molecule has 1 fully saturated rings. The number of nitrogens with one attached hydrogen (secondary N) is 1. The van der Waals surface area contributed by atoms with Gasteiger partial charge in [-0.1, -0.05) is 20.8 Å². The third-order valence-electron chi connectivity index (χ3n) is 4.46. The molecule has 25 heavy (non-hydrogen) atoms. The fourth-order valence-corrected chi connectivity index (χ4v) is 2.68. The lowest BCUT2D eigenvalue weighted by molar-refractivity contribution is -0.137. The maximum absolute atomic E-state index is 12.6. The van der Waals surface area contributed by atoms with E-state index in [-0.39, 0.29) is 17.4 Å². The number of hydrogen-bond donors (Lipinski definition) is 2. The molecule has 0 spiro atoms. The first kappa shape index (κ1) is 19.5. The monoisotopic (exact) mass is 358 g/mol. The van der Waals surface area contributed by atoms with Crippen molar-refractivity contribution in [1.29, 1.82) is 0 Å². The molecule has 1 aliphatic heterocycles. The molecule has 140 valence electrons. The van der Waals surface area contributed by atoms with E-state index >= 15 is 0 Å². The van der Waals surface area contributed by atoms with Crippen LogP contribution < -0.4 is 16.0 Å². The highest BCUT2D eigenvalue weighted by atomic mass is 19.4. The van der Waals surface area contributed by atoms with Crippen molar-refractivity contribution in [3.63, 3.8) is 0 Å². The minimum atomic E-state index is -4.38. The molecule has 1 aromatic rings. The van der Waals surface area contributed by atoms with Crippen LogP contribution in [0.2, 0.25) is 0 Å². The number of anilines is 1. The van der Waals surface area contributed by atoms with Gasteiger partial charge >= 0.3 is 6.18 Å². The highest BCUT2D eigenvalue weighted by Crippen LogP contribution is 2.29.